The van der Waals surface area contributed by atoms with Gasteiger partial charge in [0.15, 0.2) is 9.84 Å². The molecule has 1 saturated carbocycles. The van der Waals surface area contributed by atoms with Gasteiger partial charge in [-0.05, 0) is 37.6 Å². The van der Waals surface area contributed by atoms with Crippen LogP contribution in [0.5, 0.6) is 0 Å². The third kappa shape index (κ3) is 3.81. The molecule has 0 bridgehead atoms. The van der Waals surface area contributed by atoms with Gasteiger partial charge < -0.3 is 10.6 Å². The van der Waals surface area contributed by atoms with Gasteiger partial charge in [0, 0.05) is 19.1 Å². The van der Waals surface area contributed by atoms with E-state index in [2.05, 4.69) is 4.90 Å². The van der Waals surface area contributed by atoms with Crippen molar-refractivity contribution in [1.29, 1.82) is 0 Å². The van der Waals surface area contributed by atoms with E-state index in [1.807, 2.05) is 13.1 Å². The molecule has 0 spiro atoms. The highest BCUT2D eigenvalue weighted by Gasteiger charge is 2.22. The molecule has 0 heterocycles. The fraction of sp³-hybridized carbons (Fsp3) is 0.600. The van der Waals surface area contributed by atoms with E-state index < -0.39 is 9.84 Å². The summed E-state index contributed by atoms with van der Waals surface area (Å²) in [6, 6.07) is 7.51. The molecule has 1 aromatic carbocycles. The Labute approximate surface area is 121 Å². The predicted molar refractivity (Wildman–Crippen MR) is 81.3 cm³/mol. The van der Waals surface area contributed by atoms with Gasteiger partial charge in [-0.3, -0.25) is 0 Å². The van der Waals surface area contributed by atoms with Crippen LogP contribution >= 0.6 is 0 Å². The third-order valence-corrected chi connectivity index (χ3v) is 5.85. The lowest BCUT2D eigenvalue weighted by Gasteiger charge is -2.23. The maximum atomic E-state index is 12.4. The van der Waals surface area contributed by atoms with Crippen molar-refractivity contribution >= 4 is 9.84 Å². The zero-order valence-corrected chi connectivity index (χ0v) is 12.9. The van der Waals surface area contributed by atoms with Crippen molar-refractivity contribution in [3.05, 3.63) is 29.8 Å². The quantitative estimate of drug-likeness (QED) is 0.869. The van der Waals surface area contributed by atoms with Gasteiger partial charge in [-0.25, -0.2) is 8.42 Å². The summed E-state index contributed by atoms with van der Waals surface area (Å²) in [6.45, 7) is 0.963. The Kier molecular flexibility index (Phi) is 5.18. The van der Waals surface area contributed by atoms with E-state index in [-0.39, 0.29) is 5.75 Å². The molecule has 5 heteroatoms. The van der Waals surface area contributed by atoms with E-state index in [0.29, 0.717) is 24.0 Å². The van der Waals surface area contributed by atoms with Gasteiger partial charge in [0.25, 0.3) is 0 Å². The van der Waals surface area contributed by atoms with Crippen molar-refractivity contribution in [3.63, 3.8) is 0 Å². The first kappa shape index (κ1) is 15.5. The molecule has 1 fully saturated rings. The normalized spacial score (nSPS) is 16.9. The van der Waals surface area contributed by atoms with Crippen LogP contribution in [0, 0.1) is 0 Å². The fourth-order valence-electron chi connectivity index (χ4n) is 2.78. The monoisotopic (exact) mass is 296 g/mol. The zero-order valence-electron chi connectivity index (χ0n) is 12.1. The lowest BCUT2D eigenvalue weighted by molar-refractivity contribution is 0.259. The van der Waals surface area contributed by atoms with Crippen LogP contribution in [0.4, 0.5) is 0 Å². The van der Waals surface area contributed by atoms with E-state index in [0.717, 1.165) is 5.56 Å². The van der Waals surface area contributed by atoms with Gasteiger partial charge in [0.05, 0.1) is 10.6 Å². The highest BCUT2D eigenvalue weighted by molar-refractivity contribution is 7.91. The van der Waals surface area contributed by atoms with Crippen molar-refractivity contribution < 1.29 is 8.42 Å². The maximum Gasteiger partial charge on any atom is 0.179 e. The van der Waals surface area contributed by atoms with Crippen molar-refractivity contribution in [1.82, 2.24) is 4.90 Å². The molecular weight excluding hydrogens is 272 g/mol. The minimum Gasteiger partial charge on any atom is -0.326 e. The number of nitrogens with two attached hydrogens (primary N) is 1. The molecule has 2 rings (SSSR count). The van der Waals surface area contributed by atoms with Crippen molar-refractivity contribution in [3.8, 4) is 0 Å². The summed E-state index contributed by atoms with van der Waals surface area (Å²) in [5.74, 6) is 0.175. The van der Waals surface area contributed by atoms with Crippen LogP contribution in [0.2, 0.25) is 0 Å². The summed E-state index contributed by atoms with van der Waals surface area (Å²) < 4.78 is 24.7. The predicted octanol–water partition coefficient (Wildman–Crippen LogP) is 1.79. The molecule has 1 aliphatic carbocycles. The minimum absolute atomic E-state index is 0.175. The second-order valence-corrected chi connectivity index (χ2v) is 7.70. The topological polar surface area (TPSA) is 63.4 Å². The molecule has 2 N–H and O–H groups in total. The lowest BCUT2D eigenvalue weighted by Crippen LogP contribution is -2.33. The molecule has 0 amide bonds. The summed E-state index contributed by atoms with van der Waals surface area (Å²) in [7, 11) is -1.19. The largest absolute Gasteiger partial charge is 0.326 e. The first-order valence-corrected chi connectivity index (χ1v) is 8.90. The van der Waals surface area contributed by atoms with E-state index in [1.54, 1.807) is 18.2 Å². The molecule has 0 aromatic heterocycles. The molecule has 4 nitrogen and oxygen atoms in total. The van der Waals surface area contributed by atoms with E-state index in [9.17, 15) is 8.42 Å². The standard InChI is InChI=1S/C15H24N2O2S/c1-17(14-6-2-3-7-14)9-10-20(18,19)15-8-4-5-13(11-15)12-16/h4-5,8,11,14H,2-3,6-7,9-10,12,16H2,1H3. The molecule has 0 atom stereocenters. The Morgan fingerprint density at radius 1 is 1.30 bits per heavy atom. The number of sulfone groups is 1. The zero-order chi connectivity index (χ0) is 14.6. The van der Waals surface area contributed by atoms with Crippen LogP contribution in [0.25, 0.3) is 0 Å². The number of hydrogen-bond donors (Lipinski definition) is 1. The summed E-state index contributed by atoms with van der Waals surface area (Å²) in [6.07, 6.45) is 4.92. The molecule has 0 unspecified atom stereocenters. The second kappa shape index (κ2) is 6.70. The van der Waals surface area contributed by atoms with Gasteiger partial charge in [0.2, 0.25) is 0 Å². The van der Waals surface area contributed by atoms with Crippen molar-refractivity contribution in [2.45, 2.75) is 43.2 Å². The van der Waals surface area contributed by atoms with Crippen molar-refractivity contribution in [2.75, 3.05) is 19.3 Å². The number of hydrogen-bond acceptors (Lipinski definition) is 4. The SMILES string of the molecule is CN(CCS(=O)(=O)c1cccc(CN)c1)C1CCCC1. The highest BCUT2D eigenvalue weighted by atomic mass is 32.2. The Morgan fingerprint density at radius 3 is 2.65 bits per heavy atom. The van der Waals surface area contributed by atoms with Crippen LogP contribution in [-0.2, 0) is 16.4 Å². The van der Waals surface area contributed by atoms with Gasteiger partial charge in [-0.1, -0.05) is 25.0 Å². The van der Waals surface area contributed by atoms with Crippen molar-refractivity contribution in [2.24, 2.45) is 5.73 Å². The molecular formula is C15H24N2O2S. The van der Waals surface area contributed by atoms with E-state index in [4.69, 9.17) is 5.73 Å². The van der Waals surface area contributed by atoms with E-state index >= 15 is 0 Å². The first-order valence-electron chi connectivity index (χ1n) is 7.25. The molecule has 0 saturated heterocycles. The highest BCUT2D eigenvalue weighted by Crippen LogP contribution is 2.22. The molecule has 1 aliphatic rings. The van der Waals surface area contributed by atoms with Crippen LogP contribution < -0.4 is 5.73 Å². The number of rotatable bonds is 6. The lowest BCUT2D eigenvalue weighted by atomic mass is 10.2. The Hall–Kier alpha value is -0.910. The van der Waals surface area contributed by atoms with Crippen LogP contribution in [0.1, 0.15) is 31.2 Å². The van der Waals surface area contributed by atoms with Crippen LogP contribution in [0.15, 0.2) is 29.2 Å². The molecule has 1 aromatic rings. The minimum atomic E-state index is -3.21. The number of benzene rings is 1. The summed E-state index contributed by atoms with van der Waals surface area (Å²) >= 11 is 0. The van der Waals surface area contributed by atoms with Gasteiger partial charge in [-0.2, -0.15) is 0 Å². The van der Waals surface area contributed by atoms with Gasteiger partial charge >= 0.3 is 0 Å². The maximum absolute atomic E-state index is 12.4. The van der Waals surface area contributed by atoms with E-state index in [1.165, 1.54) is 25.7 Å². The third-order valence-electron chi connectivity index (χ3n) is 4.15. The summed E-state index contributed by atoms with van der Waals surface area (Å²) in [4.78, 5) is 2.58. The van der Waals surface area contributed by atoms with Crippen LogP contribution in [-0.4, -0.2) is 38.7 Å². The smallest absolute Gasteiger partial charge is 0.179 e. The molecule has 112 valence electrons. The first-order chi connectivity index (χ1) is 9.53. The van der Waals surface area contributed by atoms with Crippen LogP contribution in [0.3, 0.4) is 0 Å². The molecule has 20 heavy (non-hydrogen) atoms. The average Bonchev–Trinajstić information content (AvgIpc) is 2.99. The summed E-state index contributed by atoms with van der Waals surface area (Å²) in [5, 5.41) is 0. The molecule has 0 radical (unpaired) electrons. The Morgan fingerprint density at radius 2 is 2.00 bits per heavy atom. The Balaban J connectivity index is 1.99. The average molecular weight is 296 g/mol. The Bertz CT molecular complexity index is 537. The van der Waals surface area contributed by atoms with Gasteiger partial charge in [0.1, 0.15) is 0 Å². The van der Waals surface area contributed by atoms with Gasteiger partial charge in [-0.15, -0.1) is 0 Å². The molecule has 0 aliphatic heterocycles. The summed E-state index contributed by atoms with van der Waals surface area (Å²) in [5.41, 5.74) is 6.42. The fourth-order valence-corrected chi connectivity index (χ4v) is 4.16. The number of nitrogens with zero attached hydrogens (tertiary/aromatic N) is 1. The second-order valence-electron chi connectivity index (χ2n) is 5.59.